The summed E-state index contributed by atoms with van der Waals surface area (Å²) in [6.07, 6.45) is 1.52. The van der Waals surface area contributed by atoms with Gasteiger partial charge < -0.3 is 19.8 Å². The molecule has 7 heteroatoms. The van der Waals surface area contributed by atoms with Crippen molar-refractivity contribution in [3.05, 3.63) is 84.2 Å². The number of amides is 1. The molecular formula is C28H22FN3O3. The smallest absolute Gasteiger partial charge is 0.231 e. The Balaban J connectivity index is 1.23. The normalized spacial score (nSPS) is 12.4. The van der Waals surface area contributed by atoms with Gasteiger partial charge in [0, 0.05) is 34.5 Å². The molecule has 35 heavy (non-hydrogen) atoms. The van der Waals surface area contributed by atoms with Crippen molar-refractivity contribution in [1.82, 2.24) is 9.97 Å². The molecular weight excluding hydrogens is 445 g/mol. The fourth-order valence-electron chi connectivity index (χ4n) is 4.53. The van der Waals surface area contributed by atoms with Crippen LogP contribution in [0.4, 0.5) is 10.1 Å². The van der Waals surface area contributed by atoms with Gasteiger partial charge in [-0.3, -0.25) is 4.79 Å². The van der Waals surface area contributed by atoms with Crippen LogP contribution in [0.1, 0.15) is 18.4 Å². The number of halogens is 1. The third kappa shape index (κ3) is 4.17. The Morgan fingerprint density at radius 1 is 1.00 bits per heavy atom. The molecule has 1 aliphatic rings. The third-order valence-corrected chi connectivity index (χ3v) is 6.21. The van der Waals surface area contributed by atoms with Gasteiger partial charge in [0.25, 0.3) is 0 Å². The lowest BCUT2D eigenvalue weighted by molar-refractivity contribution is -0.116. The molecule has 2 aromatic heterocycles. The lowest BCUT2D eigenvalue weighted by Crippen LogP contribution is -2.11. The zero-order valence-corrected chi connectivity index (χ0v) is 18.8. The molecule has 6 nitrogen and oxygen atoms in total. The zero-order chi connectivity index (χ0) is 23.8. The average Bonchev–Trinajstić information content (AvgIpc) is 3.48. The summed E-state index contributed by atoms with van der Waals surface area (Å²) >= 11 is 0. The van der Waals surface area contributed by atoms with Crippen molar-refractivity contribution in [3.8, 4) is 22.9 Å². The molecule has 3 aromatic carbocycles. The Morgan fingerprint density at radius 2 is 1.89 bits per heavy atom. The van der Waals surface area contributed by atoms with Gasteiger partial charge in [-0.05, 0) is 60.9 Å². The van der Waals surface area contributed by atoms with E-state index < -0.39 is 0 Å². The van der Waals surface area contributed by atoms with E-state index in [0.717, 1.165) is 38.8 Å². The van der Waals surface area contributed by atoms with Gasteiger partial charge in [0.05, 0.1) is 16.9 Å². The molecule has 0 bridgehead atoms. The molecule has 6 rings (SSSR count). The molecule has 1 aliphatic heterocycles. The fourth-order valence-corrected chi connectivity index (χ4v) is 4.53. The first-order valence-electron chi connectivity index (χ1n) is 11.5. The maximum absolute atomic E-state index is 14.1. The first kappa shape index (κ1) is 21.2. The number of aromatic amines is 1. The molecule has 0 unspecified atom stereocenters. The molecule has 0 saturated carbocycles. The number of para-hydroxylation sites is 1. The summed E-state index contributed by atoms with van der Waals surface area (Å²) in [4.78, 5) is 20.8. The van der Waals surface area contributed by atoms with Crippen LogP contribution in [0.25, 0.3) is 33.2 Å². The van der Waals surface area contributed by atoms with Gasteiger partial charge in [0.15, 0.2) is 11.5 Å². The Kier molecular flexibility index (Phi) is 5.29. The number of hydrogen-bond donors (Lipinski definition) is 2. The van der Waals surface area contributed by atoms with Crippen molar-refractivity contribution in [3.63, 3.8) is 0 Å². The van der Waals surface area contributed by atoms with Crippen LogP contribution in [0.2, 0.25) is 0 Å². The fraction of sp³-hybridized carbons (Fsp3) is 0.143. The van der Waals surface area contributed by atoms with Crippen LogP contribution >= 0.6 is 0 Å². The second-order valence-electron chi connectivity index (χ2n) is 8.53. The summed E-state index contributed by atoms with van der Waals surface area (Å²) in [6.45, 7) is 0.187. The van der Waals surface area contributed by atoms with E-state index in [4.69, 9.17) is 14.5 Å². The summed E-state index contributed by atoms with van der Waals surface area (Å²) in [5.74, 6) is 0.900. The number of rotatable bonds is 6. The number of H-pyrrole nitrogens is 1. The predicted molar refractivity (Wildman–Crippen MR) is 133 cm³/mol. The Hall–Kier alpha value is -4.39. The third-order valence-electron chi connectivity index (χ3n) is 6.21. The number of hydrogen-bond acceptors (Lipinski definition) is 4. The van der Waals surface area contributed by atoms with Crippen molar-refractivity contribution in [2.24, 2.45) is 0 Å². The highest BCUT2D eigenvalue weighted by Gasteiger charge is 2.17. The van der Waals surface area contributed by atoms with E-state index in [0.29, 0.717) is 36.4 Å². The van der Waals surface area contributed by atoms with Crippen LogP contribution in [0.5, 0.6) is 11.5 Å². The van der Waals surface area contributed by atoms with Crippen molar-refractivity contribution in [1.29, 1.82) is 0 Å². The summed E-state index contributed by atoms with van der Waals surface area (Å²) in [5.41, 5.74) is 5.00. The van der Waals surface area contributed by atoms with Crippen LogP contribution in [0, 0.1) is 5.82 Å². The standard InChI is InChI=1S/C28H22FN3O3/c29-18-9-12-23-21(14-18)20(28(32-23)24-11-8-17-4-1-2-6-22(17)31-24)5-3-7-27(33)30-19-10-13-25-26(15-19)35-16-34-25/h1-2,4,6,8-15,32H,3,5,7,16H2,(H,30,33). The molecule has 174 valence electrons. The number of carbonyl (C=O) groups excluding carboxylic acids is 1. The first-order valence-corrected chi connectivity index (χ1v) is 11.5. The summed E-state index contributed by atoms with van der Waals surface area (Å²) < 4.78 is 24.8. The van der Waals surface area contributed by atoms with Crippen LogP contribution in [-0.4, -0.2) is 22.7 Å². The van der Waals surface area contributed by atoms with Gasteiger partial charge >= 0.3 is 0 Å². The van der Waals surface area contributed by atoms with Gasteiger partial charge in [0.2, 0.25) is 12.7 Å². The number of aromatic nitrogens is 2. The molecule has 0 fully saturated rings. The van der Waals surface area contributed by atoms with E-state index in [1.54, 1.807) is 30.3 Å². The highest BCUT2D eigenvalue weighted by molar-refractivity contribution is 5.93. The lowest BCUT2D eigenvalue weighted by atomic mass is 10.0. The summed E-state index contributed by atoms with van der Waals surface area (Å²) in [6, 6.07) is 22.0. The Labute approximate surface area is 200 Å². The first-order chi connectivity index (χ1) is 17.1. The molecule has 5 aromatic rings. The van der Waals surface area contributed by atoms with Crippen molar-refractivity contribution < 1.29 is 18.7 Å². The highest BCUT2D eigenvalue weighted by atomic mass is 19.1. The van der Waals surface area contributed by atoms with E-state index in [1.807, 2.05) is 36.4 Å². The molecule has 3 heterocycles. The number of benzene rings is 3. The Morgan fingerprint density at radius 3 is 2.83 bits per heavy atom. The number of ether oxygens (including phenoxy) is 2. The van der Waals surface area contributed by atoms with Gasteiger partial charge in [-0.2, -0.15) is 0 Å². The molecule has 0 atom stereocenters. The predicted octanol–water partition coefficient (Wildman–Crippen LogP) is 6.21. The van der Waals surface area contributed by atoms with Crippen LogP contribution in [-0.2, 0) is 11.2 Å². The number of nitrogens with one attached hydrogen (secondary N) is 2. The van der Waals surface area contributed by atoms with Crippen LogP contribution < -0.4 is 14.8 Å². The van der Waals surface area contributed by atoms with Gasteiger partial charge in [-0.1, -0.05) is 24.3 Å². The van der Waals surface area contributed by atoms with E-state index in [9.17, 15) is 9.18 Å². The van der Waals surface area contributed by atoms with Crippen LogP contribution in [0.15, 0.2) is 72.8 Å². The number of carbonyl (C=O) groups is 1. The molecule has 0 radical (unpaired) electrons. The van der Waals surface area contributed by atoms with E-state index in [-0.39, 0.29) is 18.5 Å². The van der Waals surface area contributed by atoms with Crippen molar-refractivity contribution in [2.45, 2.75) is 19.3 Å². The second kappa shape index (κ2) is 8.76. The molecule has 0 saturated heterocycles. The minimum Gasteiger partial charge on any atom is -0.454 e. The van der Waals surface area contributed by atoms with Gasteiger partial charge in [0.1, 0.15) is 5.82 Å². The van der Waals surface area contributed by atoms with E-state index >= 15 is 0 Å². The number of aryl methyl sites for hydroxylation is 1. The average molecular weight is 468 g/mol. The highest BCUT2D eigenvalue weighted by Crippen LogP contribution is 2.35. The van der Waals surface area contributed by atoms with E-state index in [1.165, 1.54) is 6.07 Å². The molecule has 0 spiro atoms. The van der Waals surface area contributed by atoms with Gasteiger partial charge in [-0.15, -0.1) is 0 Å². The second-order valence-corrected chi connectivity index (χ2v) is 8.53. The molecule has 0 aliphatic carbocycles. The zero-order valence-electron chi connectivity index (χ0n) is 18.8. The number of fused-ring (bicyclic) bond motifs is 3. The quantitative estimate of drug-likeness (QED) is 0.311. The molecule has 1 amide bonds. The number of nitrogens with zero attached hydrogens (tertiary/aromatic N) is 1. The summed E-state index contributed by atoms with van der Waals surface area (Å²) in [7, 11) is 0. The number of anilines is 1. The van der Waals surface area contributed by atoms with Crippen LogP contribution in [0.3, 0.4) is 0 Å². The molecule has 2 N–H and O–H groups in total. The van der Waals surface area contributed by atoms with E-state index in [2.05, 4.69) is 10.3 Å². The minimum absolute atomic E-state index is 0.0970. The lowest BCUT2D eigenvalue weighted by Gasteiger charge is -2.08. The maximum Gasteiger partial charge on any atom is 0.231 e. The van der Waals surface area contributed by atoms with Crippen molar-refractivity contribution >= 4 is 33.4 Å². The van der Waals surface area contributed by atoms with Gasteiger partial charge in [-0.25, -0.2) is 9.37 Å². The number of pyridine rings is 1. The summed E-state index contributed by atoms with van der Waals surface area (Å²) in [5, 5.41) is 4.78. The monoisotopic (exact) mass is 467 g/mol. The van der Waals surface area contributed by atoms with Crippen molar-refractivity contribution in [2.75, 3.05) is 12.1 Å². The maximum atomic E-state index is 14.1. The minimum atomic E-state index is -0.295. The topological polar surface area (TPSA) is 76.2 Å². The SMILES string of the molecule is O=C(CCCc1c(-c2ccc3ccccc3n2)[nH]c2ccc(F)cc12)Nc1ccc2c(c1)OCO2. The largest absolute Gasteiger partial charge is 0.454 e. The Bertz CT molecular complexity index is 1580.